The number of furan rings is 1. The summed E-state index contributed by atoms with van der Waals surface area (Å²) in [5.74, 6) is 2.77. The Balaban J connectivity index is 0.00000300. The highest BCUT2D eigenvalue weighted by Crippen LogP contribution is 2.24. The monoisotopic (exact) mass is 512 g/mol. The zero-order chi connectivity index (χ0) is 19.8. The van der Waals surface area contributed by atoms with Gasteiger partial charge in [0.1, 0.15) is 11.6 Å². The lowest BCUT2D eigenvalue weighted by atomic mass is 10.2. The molecule has 2 N–H and O–H groups in total. The molecule has 1 saturated heterocycles. The van der Waals surface area contributed by atoms with Crippen molar-refractivity contribution in [2.75, 3.05) is 45.2 Å². The van der Waals surface area contributed by atoms with Crippen LogP contribution in [-0.4, -0.2) is 56.1 Å². The molecule has 1 atom stereocenters. The van der Waals surface area contributed by atoms with Crippen LogP contribution in [0.3, 0.4) is 0 Å². The first-order valence-electron chi connectivity index (χ1n) is 10.1. The molecule has 3 rings (SSSR count). The van der Waals surface area contributed by atoms with Gasteiger partial charge < -0.3 is 20.0 Å². The standard InChI is InChI=1S/C21H32N6O.HI/c1-4-22-21(24-15-17-9-10-23-20(14-17)26(2)3)25-16-18(19-8-7-13-28-19)27-11-5-6-12-27;/h7-10,13-14,18H,4-6,11-12,15-16H2,1-3H3,(H2,22,24,25);1H. The van der Waals surface area contributed by atoms with Crippen LogP contribution in [-0.2, 0) is 6.54 Å². The lowest BCUT2D eigenvalue weighted by Gasteiger charge is -2.26. The third-order valence-electron chi connectivity index (χ3n) is 4.95. The van der Waals surface area contributed by atoms with E-state index in [0.717, 1.165) is 49.3 Å². The SMILES string of the molecule is CCNC(=NCc1ccnc(N(C)C)c1)NCC(c1ccco1)N1CCCC1.I. The zero-order valence-corrected chi connectivity index (χ0v) is 19.9. The van der Waals surface area contributed by atoms with Gasteiger partial charge in [0.25, 0.3) is 0 Å². The van der Waals surface area contributed by atoms with Gasteiger partial charge in [-0.3, -0.25) is 4.90 Å². The lowest BCUT2D eigenvalue weighted by Crippen LogP contribution is -2.42. The van der Waals surface area contributed by atoms with E-state index in [0.29, 0.717) is 6.54 Å². The van der Waals surface area contributed by atoms with Crippen LogP contribution < -0.4 is 15.5 Å². The molecule has 3 heterocycles. The summed E-state index contributed by atoms with van der Waals surface area (Å²) in [5.41, 5.74) is 1.14. The summed E-state index contributed by atoms with van der Waals surface area (Å²) in [6, 6.07) is 8.33. The molecule has 2 aromatic heterocycles. The van der Waals surface area contributed by atoms with Gasteiger partial charge in [-0.2, -0.15) is 0 Å². The molecule has 0 saturated carbocycles. The average molecular weight is 512 g/mol. The zero-order valence-electron chi connectivity index (χ0n) is 17.6. The maximum atomic E-state index is 5.71. The number of rotatable bonds is 8. The van der Waals surface area contributed by atoms with Crippen LogP contribution in [0.1, 0.15) is 37.1 Å². The Kier molecular flexibility index (Phi) is 9.72. The van der Waals surface area contributed by atoms with Crippen molar-refractivity contribution in [3.63, 3.8) is 0 Å². The number of nitrogens with one attached hydrogen (secondary N) is 2. The van der Waals surface area contributed by atoms with Gasteiger partial charge in [0, 0.05) is 33.4 Å². The van der Waals surface area contributed by atoms with Crippen molar-refractivity contribution in [1.29, 1.82) is 0 Å². The maximum absolute atomic E-state index is 5.71. The molecule has 2 aromatic rings. The molecule has 0 aliphatic carbocycles. The normalized spacial score (nSPS) is 15.6. The molecule has 160 valence electrons. The second kappa shape index (κ2) is 12.0. The fourth-order valence-corrected chi connectivity index (χ4v) is 3.45. The fourth-order valence-electron chi connectivity index (χ4n) is 3.45. The van der Waals surface area contributed by atoms with E-state index in [2.05, 4.69) is 39.6 Å². The lowest BCUT2D eigenvalue weighted by molar-refractivity contribution is 0.215. The first-order chi connectivity index (χ1) is 13.7. The molecule has 7 nitrogen and oxygen atoms in total. The summed E-state index contributed by atoms with van der Waals surface area (Å²) >= 11 is 0. The Morgan fingerprint density at radius 1 is 1.28 bits per heavy atom. The van der Waals surface area contributed by atoms with Crippen LogP contribution in [0.25, 0.3) is 0 Å². The molecule has 0 spiro atoms. The molecule has 1 aliphatic heterocycles. The number of hydrogen-bond donors (Lipinski definition) is 2. The number of halogens is 1. The van der Waals surface area contributed by atoms with E-state index < -0.39 is 0 Å². The number of nitrogens with zero attached hydrogens (tertiary/aromatic N) is 4. The van der Waals surface area contributed by atoms with Crippen molar-refractivity contribution in [2.45, 2.75) is 32.4 Å². The molecule has 1 unspecified atom stereocenters. The van der Waals surface area contributed by atoms with E-state index in [-0.39, 0.29) is 30.0 Å². The third kappa shape index (κ3) is 6.88. The minimum Gasteiger partial charge on any atom is -0.468 e. The topological polar surface area (TPSA) is 68.9 Å². The summed E-state index contributed by atoms with van der Waals surface area (Å²) in [6.07, 6.45) is 6.09. The minimum atomic E-state index is 0. The quantitative estimate of drug-likeness (QED) is 0.322. The van der Waals surface area contributed by atoms with Gasteiger partial charge in [-0.25, -0.2) is 9.98 Å². The molecular weight excluding hydrogens is 479 g/mol. The van der Waals surface area contributed by atoms with Gasteiger partial charge in [-0.15, -0.1) is 24.0 Å². The number of anilines is 1. The van der Waals surface area contributed by atoms with Gasteiger partial charge in [0.2, 0.25) is 0 Å². The highest BCUT2D eigenvalue weighted by molar-refractivity contribution is 14.0. The van der Waals surface area contributed by atoms with Gasteiger partial charge in [-0.05, 0) is 62.7 Å². The van der Waals surface area contributed by atoms with E-state index in [1.165, 1.54) is 12.8 Å². The van der Waals surface area contributed by atoms with Crippen LogP contribution in [0, 0.1) is 0 Å². The number of hydrogen-bond acceptors (Lipinski definition) is 5. The highest BCUT2D eigenvalue weighted by atomic mass is 127. The van der Waals surface area contributed by atoms with Crippen molar-refractivity contribution in [2.24, 2.45) is 4.99 Å². The molecule has 0 radical (unpaired) electrons. The van der Waals surface area contributed by atoms with Crippen LogP contribution >= 0.6 is 24.0 Å². The molecule has 0 bridgehead atoms. The second-order valence-electron chi connectivity index (χ2n) is 7.27. The summed E-state index contributed by atoms with van der Waals surface area (Å²) in [5, 5.41) is 6.85. The van der Waals surface area contributed by atoms with Crippen molar-refractivity contribution < 1.29 is 4.42 Å². The Morgan fingerprint density at radius 3 is 2.72 bits per heavy atom. The minimum absolute atomic E-state index is 0. The maximum Gasteiger partial charge on any atom is 0.191 e. The van der Waals surface area contributed by atoms with Crippen molar-refractivity contribution >= 4 is 35.8 Å². The number of guanidine groups is 1. The van der Waals surface area contributed by atoms with E-state index in [9.17, 15) is 0 Å². The summed E-state index contributed by atoms with van der Waals surface area (Å²) in [4.78, 5) is 13.6. The Hall–Kier alpha value is -1.81. The molecule has 0 amide bonds. The van der Waals surface area contributed by atoms with Gasteiger partial charge in [0.15, 0.2) is 5.96 Å². The van der Waals surface area contributed by atoms with E-state index >= 15 is 0 Å². The molecular formula is C21H33IN6O. The largest absolute Gasteiger partial charge is 0.468 e. The summed E-state index contributed by atoms with van der Waals surface area (Å²) < 4.78 is 5.71. The molecule has 29 heavy (non-hydrogen) atoms. The number of likely N-dealkylation sites (tertiary alicyclic amines) is 1. The summed E-state index contributed by atoms with van der Waals surface area (Å²) in [7, 11) is 3.99. The Morgan fingerprint density at radius 2 is 2.07 bits per heavy atom. The second-order valence-corrected chi connectivity index (χ2v) is 7.27. The van der Waals surface area contributed by atoms with Gasteiger partial charge >= 0.3 is 0 Å². The fraction of sp³-hybridized carbons (Fsp3) is 0.524. The number of aliphatic imine (C=N–C) groups is 1. The average Bonchev–Trinajstić information content (AvgIpc) is 3.41. The van der Waals surface area contributed by atoms with E-state index in [1.807, 2.05) is 37.3 Å². The van der Waals surface area contributed by atoms with Crippen LogP contribution in [0.15, 0.2) is 46.1 Å². The first kappa shape index (κ1) is 23.5. The van der Waals surface area contributed by atoms with E-state index in [4.69, 9.17) is 9.41 Å². The molecule has 1 aliphatic rings. The predicted molar refractivity (Wildman–Crippen MR) is 129 cm³/mol. The predicted octanol–water partition coefficient (Wildman–Crippen LogP) is 3.25. The highest BCUT2D eigenvalue weighted by Gasteiger charge is 2.25. The molecule has 0 aromatic carbocycles. The number of pyridine rings is 1. The first-order valence-corrected chi connectivity index (χ1v) is 10.1. The van der Waals surface area contributed by atoms with Crippen LogP contribution in [0.4, 0.5) is 5.82 Å². The van der Waals surface area contributed by atoms with Crippen molar-refractivity contribution in [1.82, 2.24) is 20.5 Å². The van der Waals surface area contributed by atoms with Crippen LogP contribution in [0.5, 0.6) is 0 Å². The van der Waals surface area contributed by atoms with Gasteiger partial charge in [0.05, 0.1) is 18.8 Å². The molecule has 1 fully saturated rings. The Bertz CT molecular complexity index is 743. The smallest absolute Gasteiger partial charge is 0.191 e. The third-order valence-corrected chi connectivity index (χ3v) is 4.95. The summed E-state index contributed by atoms with van der Waals surface area (Å²) in [6.45, 7) is 6.50. The van der Waals surface area contributed by atoms with Crippen LogP contribution in [0.2, 0.25) is 0 Å². The van der Waals surface area contributed by atoms with Crippen molar-refractivity contribution in [3.8, 4) is 0 Å². The molecule has 8 heteroatoms. The number of aromatic nitrogens is 1. The van der Waals surface area contributed by atoms with Crippen molar-refractivity contribution in [3.05, 3.63) is 48.0 Å². The van der Waals surface area contributed by atoms with E-state index in [1.54, 1.807) is 6.26 Å². The van der Waals surface area contributed by atoms with Gasteiger partial charge in [-0.1, -0.05) is 0 Å². The Labute approximate surface area is 191 Å².